The molecule has 0 saturated heterocycles. The molecule has 2 nitrogen and oxygen atoms in total. The Labute approximate surface area is 321 Å². The molecule has 0 unspecified atom stereocenters. The molecule has 0 fully saturated rings. The van der Waals surface area contributed by atoms with Crippen LogP contribution in [0.15, 0.2) is 194 Å². The molecule has 9 aromatic carbocycles. The number of rotatable bonds is 4. The van der Waals surface area contributed by atoms with Gasteiger partial charge in [0.15, 0.2) is 0 Å². The van der Waals surface area contributed by atoms with E-state index >= 15 is 0 Å². The van der Waals surface area contributed by atoms with E-state index in [1.807, 2.05) is 11.3 Å². The minimum absolute atomic E-state index is 1.17. The molecule has 55 heavy (non-hydrogen) atoms. The van der Waals surface area contributed by atoms with Crippen molar-refractivity contribution in [3.05, 3.63) is 194 Å². The van der Waals surface area contributed by atoms with Crippen LogP contribution in [-0.2, 0) is 0 Å². The second-order valence-electron chi connectivity index (χ2n) is 14.5. The molecular formula is C52H32N2S. The quantitative estimate of drug-likeness (QED) is 0.172. The van der Waals surface area contributed by atoms with Gasteiger partial charge in [-0.05, 0) is 93.7 Å². The fraction of sp³-hybridized carbons (Fsp3) is 0. The Hall–Kier alpha value is -6.94. The Bertz CT molecular complexity index is 3420. The van der Waals surface area contributed by atoms with Gasteiger partial charge in [0.05, 0.1) is 26.8 Å². The molecule has 0 spiro atoms. The van der Waals surface area contributed by atoms with Gasteiger partial charge >= 0.3 is 0 Å². The highest BCUT2D eigenvalue weighted by Crippen LogP contribution is 2.43. The summed E-state index contributed by atoms with van der Waals surface area (Å²) in [5, 5.41) is 10.3. The highest BCUT2D eigenvalue weighted by Gasteiger charge is 2.18. The minimum atomic E-state index is 1.17. The standard InChI is InChI=1S/C52H32N2S/c1-5-13-47-41(9-1)42-10-2-6-14-48(42)53(47)39-25-21-33(22-26-39)35-17-19-38-32-36(18-20-37(38)31-35)34-23-27-40(28-24-34)54-49-15-7-3-11-43(49)45-29-30-46-44-12-4-8-16-50(44)55-52(46)51(45)54/h1-32H. The first kappa shape index (κ1) is 30.5. The van der Waals surface area contributed by atoms with E-state index in [9.17, 15) is 0 Å². The molecule has 0 bridgehead atoms. The molecule has 0 aliphatic rings. The summed E-state index contributed by atoms with van der Waals surface area (Å²) in [5.41, 5.74) is 12.2. The van der Waals surface area contributed by atoms with E-state index in [2.05, 4.69) is 203 Å². The highest BCUT2D eigenvalue weighted by atomic mass is 32.1. The van der Waals surface area contributed by atoms with Gasteiger partial charge in [-0.25, -0.2) is 0 Å². The molecule has 256 valence electrons. The lowest BCUT2D eigenvalue weighted by Crippen LogP contribution is -1.94. The summed E-state index contributed by atoms with van der Waals surface area (Å²) in [6.45, 7) is 0. The van der Waals surface area contributed by atoms with Crippen LogP contribution in [0.5, 0.6) is 0 Å². The van der Waals surface area contributed by atoms with Crippen molar-refractivity contribution in [2.24, 2.45) is 0 Å². The summed E-state index contributed by atoms with van der Waals surface area (Å²) >= 11 is 1.89. The molecule has 0 aliphatic carbocycles. The summed E-state index contributed by atoms with van der Waals surface area (Å²) in [5.74, 6) is 0. The van der Waals surface area contributed by atoms with E-state index in [4.69, 9.17) is 0 Å². The monoisotopic (exact) mass is 716 g/mol. The van der Waals surface area contributed by atoms with Gasteiger partial charge in [-0.3, -0.25) is 0 Å². The van der Waals surface area contributed by atoms with Crippen LogP contribution < -0.4 is 0 Å². The predicted octanol–water partition coefficient (Wildman–Crippen LogP) is 14.7. The summed E-state index contributed by atoms with van der Waals surface area (Å²) in [7, 11) is 0. The van der Waals surface area contributed by atoms with Gasteiger partial charge in [-0.1, -0.05) is 133 Å². The zero-order chi connectivity index (χ0) is 36.0. The molecule has 0 atom stereocenters. The zero-order valence-corrected chi connectivity index (χ0v) is 30.6. The summed E-state index contributed by atoms with van der Waals surface area (Å²) in [6.07, 6.45) is 0. The SMILES string of the molecule is c1ccc2c(c1)sc1c2ccc2c3ccccc3n(-c3ccc(-c4ccc5cc(-c6ccc(-n7c8ccccc8c8ccccc87)cc6)ccc5c4)cc3)c21. The van der Waals surface area contributed by atoms with Crippen LogP contribution in [-0.4, -0.2) is 9.13 Å². The summed E-state index contributed by atoms with van der Waals surface area (Å²) in [6, 6.07) is 71.3. The molecule has 3 heterocycles. The van der Waals surface area contributed by atoms with Gasteiger partial charge in [0.25, 0.3) is 0 Å². The lowest BCUT2D eigenvalue weighted by atomic mass is 9.97. The second kappa shape index (κ2) is 11.8. The first-order chi connectivity index (χ1) is 27.3. The van der Waals surface area contributed by atoms with Crippen molar-refractivity contribution >= 4 is 85.9 Å². The smallest absolute Gasteiger partial charge is 0.0719 e. The first-order valence-electron chi connectivity index (χ1n) is 18.8. The normalized spacial score (nSPS) is 12.0. The van der Waals surface area contributed by atoms with Crippen molar-refractivity contribution in [2.75, 3.05) is 0 Å². The third-order valence-electron chi connectivity index (χ3n) is 11.5. The minimum Gasteiger partial charge on any atom is -0.309 e. The van der Waals surface area contributed by atoms with Crippen LogP contribution in [0.1, 0.15) is 0 Å². The molecular weight excluding hydrogens is 685 g/mol. The fourth-order valence-corrected chi connectivity index (χ4v) is 10.2. The van der Waals surface area contributed by atoms with Crippen LogP contribution in [0.4, 0.5) is 0 Å². The number of hydrogen-bond acceptors (Lipinski definition) is 1. The van der Waals surface area contributed by atoms with Gasteiger partial charge in [0.2, 0.25) is 0 Å². The van der Waals surface area contributed by atoms with Crippen molar-refractivity contribution in [3.63, 3.8) is 0 Å². The molecule has 0 saturated carbocycles. The number of para-hydroxylation sites is 3. The molecule has 12 rings (SSSR count). The zero-order valence-electron chi connectivity index (χ0n) is 29.8. The van der Waals surface area contributed by atoms with Crippen LogP contribution in [0.2, 0.25) is 0 Å². The van der Waals surface area contributed by atoms with Crippen LogP contribution in [0.25, 0.3) is 108 Å². The number of fused-ring (bicyclic) bond motifs is 11. The molecule has 3 heteroatoms. The molecule has 0 N–H and O–H groups in total. The average molecular weight is 717 g/mol. The van der Waals surface area contributed by atoms with Crippen molar-refractivity contribution in [1.29, 1.82) is 0 Å². The Kier molecular flexibility index (Phi) is 6.54. The van der Waals surface area contributed by atoms with Gasteiger partial charge in [-0.15, -0.1) is 11.3 Å². The number of hydrogen-bond donors (Lipinski definition) is 0. The number of nitrogens with zero attached hydrogens (tertiary/aromatic N) is 2. The number of benzene rings is 9. The highest BCUT2D eigenvalue weighted by molar-refractivity contribution is 7.26. The Balaban J connectivity index is 0.886. The van der Waals surface area contributed by atoms with Gasteiger partial charge in [0.1, 0.15) is 0 Å². The molecule has 12 aromatic rings. The van der Waals surface area contributed by atoms with Crippen molar-refractivity contribution in [1.82, 2.24) is 9.13 Å². The van der Waals surface area contributed by atoms with Crippen LogP contribution in [0, 0.1) is 0 Å². The van der Waals surface area contributed by atoms with Gasteiger partial charge in [-0.2, -0.15) is 0 Å². The van der Waals surface area contributed by atoms with E-state index in [0.29, 0.717) is 0 Å². The third-order valence-corrected chi connectivity index (χ3v) is 12.7. The largest absolute Gasteiger partial charge is 0.309 e. The molecule has 0 radical (unpaired) electrons. The van der Waals surface area contributed by atoms with Crippen molar-refractivity contribution in [2.45, 2.75) is 0 Å². The average Bonchev–Trinajstić information content (AvgIpc) is 3.91. The Morgan fingerprint density at radius 1 is 0.309 bits per heavy atom. The number of thiophene rings is 1. The second-order valence-corrected chi connectivity index (χ2v) is 15.6. The van der Waals surface area contributed by atoms with Gasteiger partial charge in [0, 0.05) is 48.4 Å². The molecule has 0 amide bonds. The van der Waals surface area contributed by atoms with Crippen molar-refractivity contribution in [3.8, 4) is 33.6 Å². The number of aromatic nitrogens is 2. The first-order valence-corrected chi connectivity index (χ1v) is 19.7. The lowest BCUT2D eigenvalue weighted by molar-refractivity contribution is 1.18. The van der Waals surface area contributed by atoms with E-state index in [-0.39, 0.29) is 0 Å². The van der Waals surface area contributed by atoms with Crippen molar-refractivity contribution < 1.29 is 0 Å². The van der Waals surface area contributed by atoms with E-state index < -0.39 is 0 Å². The predicted molar refractivity (Wildman–Crippen MR) is 236 cm³/mol. The Morgan fingerprint density at radius 2 is 0.745 bits per heavy atom. The maximum atomic E-state index is 2.46. The van der Waals surface area contributed by atoms with Gasteiger partial charge < -0.3 is 9.13 Å². The lowest BCUT2D eigenvalue weighted by Gasteiger charge is -2.11. The summed E-state index contributed by atoms with van der Waals surface area (Å²) < 4.78 is 7.50. The van der Waals surface area contributed by atoms with E-state index in [0.717, 1.165) is 0 Å². The molecule has 3 aromatic heterocycles. The third kappa shape index (κ3) is 4.60. The maximum absolute atomic E-state index is 2.46. The van der Waals surface area contributed by atoms with E-state index in [1.54, 1.807) is 0 Å². The summed E-state index contributed by atoms with van der Waals surface area (Å²) in [4.78, 5) is 0. The van der Waals surface area contributed by atoms with Crippen LogP contribution >= 0.6 is 11.3 Å². The fourth-order valence-electron chi connectivity index (χ4n) is 8.91. The van der Waals surface area contributed by atoms with Crippen LogP contribution in [0.3, 0.4) is 0 Å². The topological polar surface area (TPSA) is 9.86 Å². The maximum Gasteiger partial charge on any atom is 0.0719 e. The van der Waals surface area contributed by atoms with E-state index in [1.165, 1.54) is 108 Å². The Morgan fingerprint density at radius 3 is 1.33 bits per heavy atom. The molecule has 0 aliphatic heterocycles.